The number of thiol groups is 2. The topological polar surface area (TPSA) is 795 Å². The van der Waals surface area contributed by atoms with Gasteiger partial charge in [-0.2, -0.15) is 37.0 Å². The summed E-state index contributed by atoms with van der Waals surface area (Å²) in [6, 6.07) is -7.23. The van der Waals surface area contributed by atoms with Gasteiger partial charge in [0.15, 0.2) is 23.8 Å². The molecule has 0 radical (unpaired) electrons. The molecule has 15 atom stereocenters. The van der Waals surface area contributed by atoms with Gasteiger partial charge in [-0.25, -0.2) is 9.98 Å². The Morgan fingerprint density at radius 1 is 0.565 bits per heavy atom. The van der Waals surface area contributed by atoms with E-state index in [4.69, 9.17) is 56.4 Å². The van der Waals surface area contributed by atoms with E-state index in [1.807, 2.05) is 6.26 Å². The summed E-state index contributed by atoms with van der Waals surface area (Å²) >= 11 is 9.94. The predicted molar refractivity (Wildman–Crippen MR) is 462 cm³/mol. The van der Waals surface area contributed by atoms with Crippen molar-refractivity contribution in [1.29, 1.82) is 16.2 Å². The third-order valence-electron chi connectivity index (χ3n) is 19.2. The molecule has 124 heavy (non-hydrogen) atoms. The van der Waals surface area contributed by atoms with E-state index >= 15 is 4.79 Å². The highest BCUT2D eigenvalue weighted by Gasteiger charge is 2.45. The van der Waals surface area contributed by atoms with Gasteiger partial charge in [0.25, 0.3) is 0 Å². The Bertz CT molecular complexity index is 4160. The number of rotatable bonds is 55. The monoisotopic (exact) mass is 1800 g/mol. The van der Waals surface area contributed by atoms with E-state index in [0.717, 1.165) is 4.90 Å². The summed E-state index contributed by atoms with van der Waals surface area (Å²) in [4.78, 5) is 222. The smallest absolute Gasteiger partial charge is 0.305 e. The Morgan fingerprint density at radius 2 is 1.03 bits per heavy atom. The molecule has 1 saturated heterocycles. The van der Waals surface area contributed by atoms with Crippen LogP contribution in [0.25, 0.3) is 0 Å². The van der Waals surface area contributed by atoms with Crippen molar-refractivity contribution in [3.05, 3.63) is 83.9 Å². The van der Waals surface area contributed by atoms with Crippen LogP contribution in [0.15, 0.2) is 72.1 Å². The number of aliphatic imine (C=N–C) groups is 1. The number of carboxylic acid groups (broad SMARTS) is 1. The lowest BCUT2D eigenvalue weighted by Crippen LogP contribution is -2.62. The highest BCUT2D eigenvalue weighted by Crippen LogP contribution is 2.24. The number of hydrogen-bond donors (Lipinski definition) is 31. The molecule has 0 bridgehead atoms. The van der Waals surface area contributed by atoms with E-state index in [1.165, 1.54) is 55.5 Å². The lowest BCUT2D eigenvalue weighted by molar-refractivity contribution is -0.144. The third-order valence-corrected chi connectivity index (χ3v) is 20.6. The van der Waals surface area contributed by atoms with E-state index in [1.54, 1.807) is 37.3 Å². The fraction of sp³-hybridized carbons (Fsp3) is 0.541. The number of aromatic amines is 1. The first-order valence-electron chi connectivity index (χ1n) is 39.4. The number of carbonyl (C=O) groups is 15. The number of primary amides is 1. The first-order valence-corrected chi connectivity index (χ1v) is 42.1. The van der Waals surface area contributed by atoms with E-state index in [2.05, 4.69) is 120 Å². The average Bonchev–Trinajstić information content (AvgIpc) is 1.64. The molecule has 1 fully saturated rings. The van der Waals surface area contributed by atoms with Crippen molar-refractivity contribution in [2.45, 2.75) is 182 Å². The Hall–Kier alpha value is -12.4. The van der Waals surface area contributed by atoms with Crippen molar-refractivity contribution < 1.29 is 87.2 Å². The standard InChI is InChI=1S/C74H117N29O18S3/c1-4-37(2)57(69(120)99-51(33-104)65(116)101-53(35-123)67(118)96-48(26-39-16-18-42(105)19-17-39)62(113)93-44(58(76)109)13-8-21-86-71(77)78)102-61(112)45(14-9-22-87-72(79)80)94-64(115)50(29-56(107)108)98-68(119)54-28-41(91-74(83)84)32-103(54)70(121)46(15-10-23-88-73(81)82)92-55(106)31-89-60(111)47(25-38-11-6-5-7-12-38)95-63(114)49(27-40-30-85-36-90-40)97-66(117)52(34-122)100-59(110)43(75)20-24-124-3/h5-7,11-12,16-19,30,36-37,41,43-54,57,104-105,122-123H,4,8-10,13-15,20-29,31-35,75H2,1-3H3,(H2,76,109)(H,85,90)(H,89,111)(H,92,106)(H,93,113)(H,94,115)(H,95,114)(H,96,118)(H,97,117)(H,98,119)(H,99,120)(H,100,110)(H,101,116)(H,102,112)(H,107,108)(H4,77,78,86)(H4,79,80,87)(H4,81,82,88)(H4,83,84,91)/t37-,41+,43-,44-,45-,46-,47-,48-,49-,50-,51-,52-,53-,54-,57-/m0/s1. The van der Waals surface area contributed by atoms with Crippen LogP contribution in [-0.4, -0.2) is 290 Å². The second kappa shape index (κ2) is 54.1. The summed E-state index contributed by atoms with van der Waals surface area (Å²) in [5.41, 5.74) is 40.9. The number of aliphatic carboxylic acids is 1. The number of aliphatic hydroxyl groups excluding tert-OH is 1. The maximum Gasteiger partial charge on any atom is 0.305 e. The zero-order valence-electron chi connectivity index (χ0n) is 68.7. The van der Waals surface area contributed by atoms with Crippen LogP contribution in [-0.2, 0) is 91.2 Å². The van der Waals surface area contributed by atoms with Crippen LogP contribution in [0.4, 0.5) is 0 Å². The first-order chi connectivity index (χ1) is 58.8. The molecule has 2 aromatic carbocycles. The molecule has 36 N–H and O–H groups in total. The van der Waals surface area contributed by atoms with Crippen LogP contribution in [0, 0.1) is 22.1 Å². The molecule has 47 nitrogen and oxygen atoms in total. The van der Waals surface area contributed by atoms with Crippen LogP contribution in [0.5, 0.6) is 5.75 Å². The van der Waals surface area contributed by atoms with Gasteiger partial charge in [-0.1, -0.05) is 62.7 Å². The van der Waals surface area contributed by atoms with Gasteiger partial charge in [-0.05, 0) is 86.1 Å². The van der Waals surface area contributed by atoms with Crippen molar-refractivity contribution in [2.75, 3.05) is 62.8 Å². The number of H-pyrrole nitrogens is 1. The molecule has 50 heteroatoms. The molecule has 0 aliphatic carbocycles. The largest absolute Gasteiger partial charge is 0.508 e. The van der Waals surface area contributed by atoms with Crippen LogP contribution in [0.2, 0.25) is 0 Å². The van der Waals surface area contributed by atoms with Crippen LogP contribution < -0.4 is 120 Å². The van der Waals surface area contributed by atoms with Gasteiger partial charge in [0, 0.05) is 69.6 Å². The van der Waals surface area contributed by atoms with E-state index in [-0.39, 0.29) is 101 Å². The number of benzene rings is 2. The van der Waals surface area contributed by atoms with Gasteiger partial charge in [0.05, 0.1) is 43.7 Å². The van der Waals surface area contributed by atoms with E-state index < -0.39 is 235 Å². The molecule has 2 heterocycles. The summed E-state index contributed by atoms with van der Waals surface area (Å²) < 4.78 is 0. The van der Waals surface area contributed by atoms with Crippen molar-refractivity contribution in [3.63, 3.8) is 0 Å². The molecule has 1 aliphatic rings. The fourth-order valence-corrected chi connectivity index (χ4v) is 13.4. The summed E-state index contributed by atoms with van der Waals surface area (Å²) in [5, 5.41) is 91.0. The molecule has 1 aliphatic heterocycles. The number of aromatic hydroxyl groups is 1. The highest BCUT2D eigenvalue weighted by atomic mass is 32.2. The lowest BCUT2D eigenvalue weighted by Gasteiger charge is -2.30. The summed E-state index contributed by atoms with van der Waals surface area (Å²) in [6.45, 7) is 0.700. The van der Waals surface area contributed by atoms with Crippen molar-refractivity contribution in [3.8, 4) is 5.75 Å². The molecule has 4 rings (SSSR count). The number of carboxylic acids is 1. The molecule has 0 unspecified atom stereocenters. The Kier molecular flexibility index (Phi) is 45.4. The lowest BCUT2D eigenvalue weighted by atomic mass is 9.97. The van der Waals surface area contributed by atoms with E-state index in [9.17, 15) is 82.4 Å². The molecule has 0 saturated carbocycles. The number of thioether (sulfide) groups is 1. The summed E-state index contributed by atoms with van der Waals surface area (Å²) in [7, 11) is 0. The third kappa shape index (κ3) is 37.1. The molecular weight excluding hydrogens is 1680 g/mol. The Labute approximate surface area is 729 Å². The summed E-state index contributed by atoms with van der Waals surface area (Å²) in [6.07, 6.45) is 2.36. The normalized spacial score (nSPS) is 15.9. The first kappa shape index (κ1) is 104. The van der Waals surface area contributed by atoms with Gasteiger partial charge >= 0.3 is 5.97 Å². The number of phenolic OH excluding ortho intramolecular Hbond substituents is 1. The van der Waals surface area contributed by atoms with Crippen LogP contribution >= 0.6 is 37.0 Å². The molecule has 684 valence electrons. The van der Waals surface area contributed by atoms with Crippen molar-refractivity contribution in [2.24, 2.45) is 51.0 Å². The van der Waals surface area contributed by atoms with Gasteiger partial charge in [0.1, 0.15) is 78.3 Å². The van der Waals surface area contributed by atoms with Gasteiger partial charge in [0.2, 0.25) is 82.7 Å². The Morgan fingerprint density at radius 3 is 1.53 bits per heavy atom. The second-order valence-corrected chi connectivity index (χ2v) is 30.6. The zero-order valence-corrected chi connectivity index (χ0v) is 71.3. The number of guanidine groups is 4. The van der Waals surface area contributed by atoms with Crippen molar-refractivity contribution in [1.82, 2.24) is 94.6 Å². The maximum atomic E-state index is 15.1. The summed E-state index contributed by atoms with van der Waals surface area (Å²) in [5.74, 6) is -18.5. The quantitative estimate of drug-likeness (QED) is 0.0108. The number of phenols is 1. The number of nitrogens with two attached hydrogens (primary N) is 7. The maximum absolute atomic E-state index is 15.1. The fourth-order valence-electron chi connectivity index (χ4n) is 12.4. The zero-order chi connectivity index (χ0) is 92.3. The number of aromatic nitrogens is 2. The van der Waals surface area contributed by atoms with Gasteiger partial charge in [-0.3, -0.25) is 88.1 Å². The number of nitrogens with zero attached hydrogens (tertiary/aromatic N) is 3. The second-order valence-electron chi connectivity index (χ2n) is 28.9. The van der Waals surface area contributed by atoms with E-state index in [0.29, 0.717) is 29.0 Å². The number of amides is 14. The molecule has 14 amide bonds. The minimum Gasteiger partial charge on any atom is -0.508 e. The highest BCUT2D eigenvalue weighted by molar-refractivity contribution is 7.98. The van der Waals surface area contributed by atoms with Crippen molar-refractivity contribution >= 4 is 150 Å². The molecule has 3 aromatic rings. The minimum atomic E-state index is -2.08. The number of likely N-dealkylation sites (tertiary alicyclic amines) is 1. The number of nitrogens with one attached hydrogen (secondary N) is 19. The number of aliphatic hydroxyl groups is 1. The molecule has 0 spiro atoms. The predicted octanol–water partition coefficient (Wildman–Crippen LogP) is -9.44. The van der Waals surface area contributed by atoms with Crippen LogP contribution in [0.1, 0.15) is 94.9 Å². The molecular formula is C74H117N29O18S3. The minimum absolute atomic E-state index is 0.00556. The number of hydrogen-bond acceptors (Lipinski definition) is 26. The Balaban J connectivity index is 1.61. The number of carbonyl (C=O) groups excluding carboxylic acids is 14. The number of imidazole rings is 1. The average molecular weight is 1800 g/mol. The van der Waals surface area contributed by atoms with Crippen LogP contribution in [0.3, 0.4) is 0 Å². The molecule has 1 aromatic heterocycles. The van der Waals surface area contributed by atoms with Gasteiger partial charge < -0.3 is 145 Å². The SMILES string of the molecule is CC[C@H](C)[C@H](NC(=O)[C@H](CCCNC(=N)N)NC(=O)[C@H](CC(=O)O)NC(=O)[C@@H]1C[C@@H](N=C(N)N)CN1C(=O)[C@H](CCCNC(=N)N)NC(=O)CNC(=O)[C@H](Cc1ccccc1)NC(=O)[C@H](Cc1c[nH]cn1)NC(=O)[C@H](CS)NC(=O)[C@@H](N)CCSC)C(=O)N[C@@H](CO)C(=O)N[C@@H](CS)C(=O)N[C@@H](Cc1ccc(O)cc1)C(=O)N[C@@H](CCCNC(=N)N)C(N)=O. The van der Waals surface area contributed by atoms with Gasteiger partial charge in [-0.15, -0.1) is 0 Å².